The van der Waals surface area contributed by atoms with E-state index in [0.717, 1.165) is 31.0 Å². The van der Waals surface area contributed by atoms with E-state index in [-0.39, 0.29) is 0 Å². The molecule has 1 aliphatic rings. The Morgan fingerprint density at radius 3 is 2.86 bits per heavy atom. The number of nitrogens with one attached hydrogen (secondary N) is 1. The van der Waals surface area contributed by atoms with E-state index in [4.69, 9.17) is 4.98 Å². The van der Waals surface area contributed by atoms with Gasteiger partial charge in [0.25, 0.3) is 0 Å². The molecule has 0 radical (unpaired) electrons. The van der Waals surface area contributed by atoms with Gasteiger partial charge in [-0.1, -0.05) is 32.0 Å². The molecule has 0 saturated heterocycles. The van der Waals surface area contributed by atoms with Gasteiger partial charge in [0.2, 0.25) is 0 Å². The third-order valence-corrected chi connectivity index (χ3v) is 3.88. The highest BCUT2D eigenvalue weighted by molar-refractivity contribution is 5.67. The molecular formula is C18H23N3. The summed E-state index contributed by atoms with van der Waals surface area (Å²) in [5.74, 6) is 1.07. The summed E-state index contributed by atoms with van der Waals surface area (Å²) in [6, 6.07) is 13.5. The van der Waals surface area contributed by atoms with Crippen LogP contribution >= 0.6 is 0 Å². The second-order valence-corrected chi connectivity index (χ2v) is 6.04. The van der Waals surface area contributed by atoms with E-state index in [0.29, 0.717) is 6.04 Å². The van der Waals surface area contributed by atoms with Gasteiger partial charge in [0.1, 0.15) is 5.82 Å². The molecule has 1 aromatic heterocycles. The highest BCUT2D eigenvalue weighted by atomic mass is 15.2. The molecule has 21 heavy (non-hydrogen) atoms. The van der Waals surface area contributed by atoms with E-state index in [2.05, 4.69) is 67.4 Å². The summed E-state index contributed by atoms with van der Waals surface area (Å²) in [7, 11) is 0. The molecule has 3 heteroatoms. The van der Waals surface area contributed by atoms with Gasteiger partial charge < -0.3 is 10.2 Å². The third kappa shape index (κ3) is 3.08. The van der Waals surface area contributed by atoms with Crippen molar-refractivity contribution in [2.75, 3.05) is 11.4 Å². The number of para-hydroxylation sites is 1. The summed E-state index contributed by atoms with van der Waals surface area (Å²) in [4.78, 5) is 7.07. The molecule has 3 rings (SSSR count). The van der Waals surface area contributed by atoms with Crippen LogP contribution in [0.2, 0.25) is 0 Å². The largest absolute Gasteiger partial charge is 0.326 e. The van der Waals surface area contributed by atoms with Crippen molar-refractivity contribution < 1.29 is 0 Å². The molecule has 2 aromatic rings. The van der Waals surface area contributed by atoms with E-state index in [1.54, 1.807) is 0 Å². The quantitative estimate of drug-likeness (QED) is 0.928. The first-order valence-electron chi connectivity index (χ1n) is 7.70. The Labute approximate surface area is 127 Å². The average molecular weight is 281 g/mol. The van der Waals surface area contributed by atoms with Crippen molar-refractivity contribution in [2.24, 2.45) is 0 Å². The van der Waals surface area contributed by atoms with Crippen LogP contribution in [-0.4, -0.2) is 17.6 Å². The van der Waals surface area contributed by atoms with Gasteiger partial charge >= 0.3 is 0 Å². The van der Waals surface area contributed by atoms with Crippen LogP contribution in [0.15, 0.2) is 36.4 Å². The van der Waals surface area contributed by atoms with Gasteiger partial charge in [-0.25, -0.2) is 4.98 Å². The highest BCUT2D eigenvalue weighted by Gasteiger charge is 2.21. The molecule has 0 aliphatic carbocycles. The smallest absolute Gasteiger partial charge is 0.133 e. The normalized spacial score (nSPS) is 13.8. The van der Waals surface area contributed by atoms with Crippen molar-refractivity contribution in [1.82, 2.24) is 10.3 Å². The Kier molecular flexibility index (Phi) is 3.93. The minimum atomic E-state index is 0.495. The summed E-state index contributed by atoms with van der Waals surface area (Å²) >= 11 is 0. The fraction of sp³-hybridized carbons (Fsp3) is 0.389. The lowest BCUT2D eigenvalue weighted by Crippen LogP contribution is -2.22. The van der Waals surface area contributed by atoms with Crippen molar-refractivity contribution in [3.8, 4) is 0 Å². The fourth-order valence-corrected chi connectivity index (χ4v) is 2.86. The van der Waals surface area contributed by atoms with Gasteiger partial charge in [-0.15, -0.1) is 0 Å². The van der Waals surface area contributed by atoms with Crippen LogP contribution in [-0.2, 0) is 13.0 Å². The van der Waals surface area contributed by atoms with Gasteiger partial charge in [0, 0.05) is 30.5 Å². The molecule has 1 N–H and O–H groups in total. The molecule has 0 unspecified atom stereocenters. The van der Waals surface area contributed by atoms with Gasteiger partial charge in [0.15, 0.2) is 0 Å². The molecule has 0 atom stereocenters. The predicted molar refractivity (Wildman–Crippen MR) is 88.1 cm³/mol. The summed E-state index contributed by atoms with van der Waals surface area (Å²) in [6.07, 6.45) is 1.10. The maximum Gasteiger partial charge on any atom is 0.133 e. The summed E-state index contributed by atoms with van der Waals surface area (Å²) in [6.45, 7) is 8.33. The molecule has 1 aliphatic heterocycles. The molecule has 1 aromatic carbocycles. The van der Waals surface area contributed by atoms with Crippen LogP contribution in [0.1, 0.15) is 30.7 Å². The molecule has 3 nitrogen and oxygen atoms in total. The van der Waals surface area contributed by atoms with Crippen molar-refractivity contribution in [1.29, 1.82) is 0 Å². The lowest BCUT2D eigenvalue weighted by molar-refractivity contribution is 0.588. The van der Waals surface area contributed by atoms with Crippen LogP contribution in [0.5, 0.6) is 0 Å². The molecule has 0 bridgehead atoms. The second kappa shape index (κ2) is 5.86. The maximum atomic E-state index is 4.74. The Balaban J connectivity index is 1.89. The van der Waals surface area contributed by atoms with E-state index in [1.165, 1.54) is 16.8 Å². The molecule has 2 heterocycles. The topological polar surface area (TPSA) is 28.2 Å². The number of aryl methyl sites for hydroxylation is 1. The first-order chi connectivity index (χ1) is 10.1. The van der Waals surface area contributed by atoms with Crippen LogP contribution < -0.4 is 10.2 Å². The van der Waals surface area contributed by atoms with E-state index in [1.807, 2.05) is 0 Å². The average Bonchev–Trinajstić information content (AvgIpc) is 2.88. The monoisotopic (exact) mass is 281 g/mol. The summed E-state index contributed by atoms with van der Waals surface area (Å²) in [5.41, 5.74) is 5.11. The van der Waals surface area contributed by atoms with Crippen LogP contribution in [0.4, 0.5) is 11.5 Å². The zero-order chi connectivity index (χ0) is 14.8. The molecular weight excluding hydrogens is 258 g/mol. The van der Waals surface area contributed by atoms with Gasteiger partial charge in [-0.05, 0) is 42.7 Å². The fourth-order valence-electron chi connectivity index (χ4n) is 2.86. The molecule has 0 spiro atoms. The van der Waals surface area contributed by atoms with Gasteiger partial charge in [-0.3, -0.25) is 0 Å². The molecule has 110 valence electrons. The first-order valence-corrected chi connectivity index (χ1v) is 7.70. The Hall–Kier alpha value is -1.87. The number of fused-ring (bicyclic) bond motifs is 1. The zero-order valence-electron chi connectivity index (χ0n) is 13.1. The lowest BCUT2D eigenvalue weighted by atomic mass is 10.2. The molecule has 0 amide bonds. The number of rotatable bonds is 4. The molecule has 0 saturated carbocycles. The van der Waals surface area contributed by atoms with E-state index >= 15 is 0 Å². The van der Waals surface area contributed by atoms with Crippen molar-refractivity contribution in [2.45, 2.75) is 39.8 Å². The minimum absolute atomic E-state index is 0.495. The van der Waals surface area contributed by atoms with Crippen molar-refractivity contribution in [3.05, 3.63) is 53.2 Å². The third-order valence-electron chi connectivity index (χ3n) is 3.88. The second-order valence-electron chi connectivity index (χ2n) is 6.04. The number of pyridine rings is 1. The summed E-state index contributed by atoms with van der Waals surface area (Å²) < 4.78 is 0. The number of hydrogen-bond acceptors (Lipinski definition) is 3. The summed E-state index contributed by atoms with van der Waals surface area (Å²) in [5, 5.41) is 3.48. The Morgan fingerprint density at radius 2 is 2.05 bits per heavy atom. The predicted octanol–water partition coefficient (Wildman–Crippen LogP) is 3.58. The van der Waals surface area contributed by atoms with Crippen molar-refractivity contribution >= 4 is 11.5 Å². The Morgan fingerprint density at radius 1 is 1.24 bits per heavy atom. The van der Waals surface area contributed by atoms with Crippen LogP contribution in [0.3, 0.4) is 0 Å². The zero-order valence-corrected chi connectivity index (χ0v) is 13.1. The van der Waals surface area contributed by atoms with Crippen LogP contribution in [0, 0.1) is 6.92 Å². The number of hydrogen-bond donors (Lipinski definition) is 1. The van der Waals surface area contributed by atoms with E-state index in [9.17, 15) is 0 Å². The van der Waals surface area contributed by atoms with Crippen LogP contribution in [0.25, 0.3) is 0 Å². The van der Waals surface area contributed by atoms with Gasteiger partial charge in [0.05, 0.1) is 0 Å². The number of benzene rings is 1. The van der Waals surface area contributed by atoms with Gasteiger partial charge in [-0.2, -0.15) is 0 Å². The SMILES string of the molecule is Cc1cc(CNC(C)C)cc(N2CCc3ccccc32)n1. The number of aromatic nitrogens is 1. The first kappa shape index (κ1) is 14.1. The standard InChI is InChI=1S/C18H23N3/c1-13(2)19-12-15-10-14(3)20-18(11-15)21-9-8-16-6-4-5-7-17(16)21/h4-7,10-11,13,19H,8-9,12H2,1-3H3. The number of anilines is 2. The highest BCUT2D eigenvalue weighted by Crippen LogP contribution is 2.33. The maximum absolute atomic E-state index is 4.74. The Bertz CT molecular complexity index is 634. The van der Waals surface area contributed by atoms with Crippen molar-refractivity contribution in [3.63, 3.8) is 0 Å². The van der Waals surface area contributed by atoms with E-state index < -0.39 is 0 Å². The minimum Gasteiger partial charge on any atom is -0.326 e. The molecule has 0 fully saturated rings. The number of nitrogens with zero attached hydrogens (tertiary/aromatic N) is 2. The lowest BCUT2D eigenvalue weighted by Gasteiger charge is -2.20.